The minimum atomic E-state index is 0.476. The lowest BCUT2D eigenvalue weighted by Gasteiger charge is -2.32. The van der Waals surface area contributed by atoms with Crippen LogP contribution in [0.1, 0.15) is 50.1 Å². The van der Waals surface area contributed by atoms with E-state index in [9.17, 15) is 0 Å². The van der Waals surface area contributed by atoms with Crippen molar-refractivity contribution in [3.63, 3.8) is 0 Å². The van der Waals surface area contributed by atoms with Gasteiger partial charge in [-0.15, -0.1) is 0 Å². The molecule has 1 unspecified atom stereocenters. The van der Waals surface area contributed by atoms with Crippen LogP contribution in [0.25, 0.3) is 0 Å². The van der Waals surface area contributed by atoms with E-state index in [1.54, 1.807) is 0 Å². The summed E-state index contributed by atoms with van der Waals surface area (Å²) in [6.45, 7) is 0. The fourth-order valence-electron chi connectivity index (χ4n) is 3.22. The molecular formula is C15H23ClN2. The minimum absolute atomic E-state index is 0.476. The first-order chi connectivity index (χ1) is 8.68. The van der Waals surface area contributed by atoms with Crippen LogP contribution < -0.4 is 0 Å². The molecule has 0 aromatic carbocycles. The van der Waals surface area contributed by atoms with Crippen molar-refractivity contribution in [1.29, 1.82) is 0 Å². The van der Waals surface area contributed by atoms with Gasteiger partial charge in [-0.05, 0) is 50.6 Å². The fraction of sp³-hybridized carbons (Fsp3) is 0.667. The van der Waals surface area contributed by atoms with Crippen molar-refractivity contribution in [2.24, 2.45) is 5.92 Å². The number of pyridine rings is 1. The molecule has 0 amide bonds. The van der Waals surface area contributed by atoms with E-state index in [4.69, 9.17) is 11.6 Å². The zero-order valence-corrected chi connectivity index (χ0v) is 12.2. The Morgan fingerprint density at radius 2 is 1.89 bits per heavy atom. The van der Waals surface area contributed by atoms with Gasteiger partial charge in [0.1, 0.15) is 5.15 Å². The third kappa shape index (κ3) is 3.46. The quantitative estimate of drug-likeness (QED) is 0.599. The van der Waals surface area contributed by atoms with Gasteiger partial charge in [-0.2, -0.15) is 0 Å². The van der Waals surface area contributed by atoms with Crippen molar-refractivity contribution in [2.45, 2.75) is 44.6 Å². The van der Waals surface area contributed by atoms with E-state index in [0.717, 1.165) is 5.92 Å². The first kappa shape index (κ1) is 13.8. The molecular weight excluding hydrogens is 244 g/mol. The zero-order valence-electron chi connectivity index (χ0n) is 11.4. The Labute approximate surface area is 115 Å². The molecule has 0 saturated heterocycles. The van der Waals surface area contributed by atoms with Crippen molar-refractivity contribution in [1.82, 2.24) is 9.88 Å². The minimum Gasteiger partial charge on any atom is -0.302 e. The lowest BCUT2D eigenvalue weighted by Crippen LogP contribution is -2.27. The van der Waals surface area contributed by atoms with E-state index < -0.39 is 0 Å². The summed E-state index contributed by atoms with van der Waals surface area (Å²) in [4.78, 5) is 6.43. The van der Waals surface area contributed by atoms with E-state index in [1.165, 1.54) is 44.1 Å². The van der Waals surface area contributed by atoms with E-state index in [2.05, 4.69) is 30.0 Å². The molecule has 1 aromatic heterocycles. The topological polar surface area (TPSA) is 16.1 Å². The van der Waals surface area contributed by atoms with Gasteiger partial charge in [0.15, 0.2) is 0 Å². The first-order valence-electron chi connectivity index (χ1n) is 6.96. The summed E-state index contributed by atoms with van der Waals surface area (Å²) in [6, 6.07) is 4.61. The van der Waals surface area contributed by atoms with Crippen LogP contribution in [0.4, 0.5) is 0 Å². The zero-order chi connectivity index (χ0) is 13.0. The van der Waals surface area contributed by atoms with Gasteiger partial charge in [0.2, 0.25) is 0 Å². The van der Waals surface area contributed by atoms with Crippen LogP contribution >= 0.6 is 11.6 Å². The third-order valence-corrected chi connectivity index (χ3v) is 4.20. The highest BCUT2D eigenvalue weighted by atomic mass is 35.5. The molecule has 100 valence electrons. The van der Waals surface area contributed by atoms with Crippen LogP contribution in [0, 0.1) is 5.92 Å². The Bertz CT molecular complexity index is 371. The summed E-state index contributed by atoms with van der Waals surface area (Å²) < 4.78 is 0. The standard InChI is InChI=1S/C15H23ClN2/c1-18(2)15(12-7-5-3-4-6-8-12)13-9-10-17-14(16)11-13/h9-12,15H,3-8H2,1-2H3. The molecule has 1 aromatic rings. The molecule has 1 fully saturated rings. The molecule has 1 aliphatic rings. The number of rotatable bonds is 3. The van der Waals surface area contributed by atoms with Crippen molar-refractivity contribution >= 4 is 11.6 Å². The molecule has 1 saturated carbocycles. The van der Waals surface area contributed by atoms with Crippen LogP contribution in [0.15, 0.2) is 18.3 Å². The summed E-state index contributed by atoms with van der Waals surface area (Å²) in [6.07, 6.45) is 10.0. The maximum Gasteiger partial charge on any atom is 0.129 e. The highest BCUT2D eigenvalue weighted by Crippen LogP contribution is 2.36. The smallest absolute Gasteiger partial charge is 0.129 e. The largest absolute Gasteiger partial charge is 0.302 e. The molecule has 18 heavy (non-hydrogen) atoms. The summed E-state index contributed by atoms with van der Waals surface area (Å²) >= 11 is 6.04. The van der Waals surface area contributed by atoms with Gasteiger partial charge in [0.05, 0.1) is 0 Å². The predicted octanol–water partition coefficient (Wildman–Crippen LogP) is 4.31. The van der Waals surface area contributed by atoms with Gasteiger partial charge in [-0.1, -0.05) is 37.3 Å². The maximum atomic E-state index is 6.04. The van der Waals surface area contributed by atoms with Crippen LogP contribution in [0.2, 0.25) is 5.15 Å². The second-order valence-electron chi connectivity index (χ2n) is 5.57. The van der Waals surface area contributed by atoms with Crippen LogP contribution in [0.3, 0.4) is 0 Å². The molecule has 1 heterocycles. The lowest BCUT2D eigenvalue weighted by molar-refractivity contribution is 0.195. The predicted molar refractivity (Wildman–Crippen MR) is 76.9 cm³/mol. The van der Waals surface area contributed by atoms with E-state index in [-0.39, 0.29) is 0 Å². The number of hydrogen-bond donors (Lipinski definition) is 0. The molecule has 1 aliphatic carbocycles. The maximum absolute atomic E-state index is 6.04. The van der Waals surface area contributed by atoms with Gasteiger partial charge < -0.3 is 4.90 Å². The van der Waals surface area contributed by atoms with Gasteiger partial charge in [0.25, 0.3) is 0 Å². The Kier molecular flexibility index (Phi) is 5.02. The Hall–Kier alpha value is -0.600. The normalized spacial score (nSPS) is 19.8. The molecule has 0 spiro atoms. The van der Waals surface area contributed by atoms with Gasteiger partial charge in [-0.3, -0.25) is 0 Å². The van der Waals surface area contributed by atoms with E-state index >= 15 is 0 Å². The molecule has 2 rings (SSSR count). The average Bonchev–Trinajstić information content (AvgIpc) is 2.58. The highest BCUT2D eigenvalue weighted by molar-refractivity contribution is 6.29. The lowest BCUT2D eigenvalue weighted by atomic mass is 9.87. The average molecular weight is 267 g/mol. The summed E-state index contributed by atoms with van der Waals surface area (Å²) in [7, 11) is 4.34. The number of nitrogens with zero attached hydrogens (tertiary/aromatic N) is 2. The van der Waals surface area contributed by atoms with Crippen LogP contribution in [0.5, 0.6) is 0 Å². The van der Waals surface area contributed by atoms with Gasteiger partial charge >= 0.3 is 0 Å². The molecule has 0 bridgehead atoms. The van der Waals surface area contributed by atoms with Crippen LogP contribution in [-0.4, -0.2) is 24.0 Å². The molecule has 0 aliphatic heterocycles. The molecule has 2 nitrogen and oxygen atoms in total. The van der Waals surface area contributed by atoms with Crippen molar-refractivity contribution < 1.29 is 0 Å². The summed E-state index contributed by atoms with van der Waals surface area (Å²) in [5.74, 6) is 0.751. The van der Waals surface area contributed by atoms with E-state index in [1.807, 2.05) is 12.3 Å². The SMILES string of the molecule is CN(C)C(c1ccnc(Cl)c1)C1CCCCCC1. The van der Waals surface area contributed by atoms with Crippen LogP contribution in [-0.2, 0) is 0 Å². The number of halogens is 1. The Morgan fingerprint density at radius 1 is 1.22 bits per heavy atom. The number of aromatic nitrogens is 1. The first-order valence-corrected chi connectivity index (χ1v) is 7.34. The number of hydrogen-bond acceptors (Lipinski definition) is 2. The summed E-state index contributed by atoms with van der Waals surface area (Å²) in [5.41, 5.74) is 1.31. The summed E-state index contributed by atoms with van der Waals surface area (Å²) in [5, 5.41) is 0.605. The van der Waals surface area contributed by atoms with Crippen molar-refractivity contribution in [3.8, 4) is 0 Å². The van der Waals surface area contributed by atoms with Crippen molar-refractivity contribution in [3.05, 3.63) is 29.0 Å². The molecule has 0 N–H and O–H groups in total. The second kappa shape index (κ2) is 6.53. The third-order valence-electron chi connectivity index (χ3n) is 3.99. The Morgan fingerprint density at radius 3 is 2.44 bits per heavy atom. The highest BCUT2D eigenvalue weighted by Gasteiger charge is 2.26. The molecule has 1 atom stereocenters. The van der Waals surface area contributed by atoms with E-state index in [0.29, 0.717) is 11.2 Å². The Balaban J connectivity index is 2.21. The van der Waals surface area contributed by atoms with Gasteiger partial charge in [-0.25, -0.2) is 4.98 Å². The van der Waals surface area contributed by atoms with Gasteiger partial charge in [0, 0.05) is 12.2 Å². The second-order valence-corrected chi connectivity index (χ2v) is 5.96. The monoisotopic (exact) mass is 266 g/mol. The molecule has 3 heteroatoms. The molecule has 0 radical (unpaired) electrons. The fourth-order valence-corrected chi connectivity index (χ4v) is 3.40. The van der Waals surface area contributed by atoms with Crippen molar-refractivity contribution in [2.75, 3.05) is 14.1 Å².